The molecule has 8 aliphatic rings. The largest absolute Gasteiger partial charge is 0.464 e. The van der Waals surface area contributed by atoms with Crippen LogP contribution in [0, 0.1) is 56.2 Å². The lowest BCUT2D eigenvalue weighted by atomic mass is 9.32. The molecule has 24 heteroatoms. The molecule has 0 radical (unpaired) electrons. The van der Waals surface area contributed by atoms with Gasteiger partial charge in [0.1, 0.15) is 54.9 Å². The molecule has 89 heavy (non-hydrogen) atoms. The van der Waals surface area contributed by atoms with E-state index in [2.05, 4.69) is 33.8 Å². The van der Waals surface area contributed by atoms with Gasteiger partial charge in [0.05, 0.1) is 61.6 Å². The van der Waals surface area contributed by atoms with Gasteiger partial charge in [0.15, 0.2) is 43.3 Å². The molecule has 0 bridgehead atoms. The number of esters is 4. The predicted octanol–water partition coefficient (Wildman–Crippen LogP) is 2.52. The number of unbranched alkanes of at least 4 members (excludes halogenated alkanes) is 1. The molecule has 10 N–H and O–H groups in total. The number of ether oxygens (including phenoxy) is 10. The highest BCUT2D eigenvalue weighted by Crippen LogP contribution is 2.76. The van der Waals surface area contributed by atoms with Crippen LogP contribution in [-0.4, -0.2) is 218 Å². The van der Waals surface area contributed by atoms with Crippen LogP contribution in [0.3, 0.4) is 0 Å². The Morgan fingerprint density at radius 2 is 1.38 bits per heavy atom. The van der Waals surface area contributed by atoms with E-state index < -0.39 is 205 Å². The van der Waals surface area contributed by atoms with Gasteiger partial charge >= 0.3 is 23.9 Å². The first kappa shape index (κ1) is 69.5. The van der Waals surface area contributed by atoms with Crippen molar-refractivity contribution in [2.45, 2.75) is 250 Å². The lowest BCUT2D eigenvalue weighted by molar-refractivity contribution is -0.388. The Balaban J connectivity index is 1.07. The van der Waals surface area contributed by atoms with Crippen LogP contribution in [0.2, 0.25) is 0 Å². The molecule has 502 valence electrons. The van der Waals surface area contributed by atoms with E-state index in [1.54, 1.807) is 37.3 Å². The molecule has 0 amide bonds. The Hall–Kier alpha value is -3.80. The maximum absolute atomic E-state index is 14.4. The summed E-state index contributed by atoms with van der Waals surface area (Å²) < 4.78 is 62.4. The Bertz CT molecular complexity index is 2690. The zero-order valence-electron chi connectivity index (χ0n) is 53.1. The van der Waals surface area contributed by atoms with E-state index in [1.807, 2.05) is 34.6 Å². The number of carbonyl (C=O) groups is 4. The molecule has 3 heterocycles. The van der Waals surface area contributed by atoms with Crippen molar-refractivity contribution in [2.24, 2.45) is 56.2 Å². The minimum atomic E-state index is -2.00. The molecule has 24 nitrogen and oxygen atoms in total. The van der Waals surface area contributed by atoms with Gasteiger partial charge < -0.3 is 98.4 Å². The number of hydrogen-bond acceptors (Lipinski definition) is 24. The van der Waals surface area contributed by atoms with Gasteiger partial charge in [-0.05, 0) is 97.5 Å². The van der Waals surface area contributed by atoms with Gasteiger partial charge in [-0.25, -0.2) is 9.59 Å². The van der Waals surface area contributed by atoms with E-state index in [1.165, 1.54) is 0 Å². The van der Waals surface area contributed by atoms with Crippen molar-refractivity contribution in [1.29, 1.82) is 0 Å². The molecule has 1 aromatic rings. The topological polar surface area (TPSA) is 363 Å². The zero-order chi connectivity index (χ0) is 65.2. The molecule has 3 saturated heterocycles. The van der Waals surface area contributed by atoms with Crippen molar-refractivity contribution in [2.75, 3.05) is 26.4 Å². The Labute approximate surface area is 520 Å². The molecule has 1 unspecified atom stereocenters. The third-order valence-electron chi connectivity index (χ3n) is 22.8. The summed E-state index contributed by atoms with van der Waals surface area (Å²) >= 11 is 0. The number of benzene rings is 1. The molecule has 0 aromatic heterocycles. The van der Waals surface area contributed by atoms with E-state index in [-0.39, 0.29) is 30.4 Å². The summed E-state index contributed by atoms with van der Waals surface area (Å²) in [5, 5.41) is 114. The van der Waals surface area contributed by atoms with Crippen LogP contribution in [0.15, 0.2) is 42.0 Å². The summed E-state index contributed by atoms with van der Waals surface area (Å²) in [5.41, 5.74) is -4.71. The van der Waals surface area contributed by atoms with Crippen molar-refractivity contribution in [3.63, 3.8) is 0 Å². The smallest absolute Gasteiger partial charge is 0.338 e. The van der Waals surface area contributed by atoms with Crippen molar-refractivity contribution in [3.05, 3.63) is 47.5 Å². The second-order valence-corrected chi connectivity index (χ2v) is 28.6. The maximum atomic E-state index is 14.4. The first-order valence-electron chi connectivity index (χ1n) is 31.9. The fourth-order valence-electron chi connectivity index (χ4n) is 17.4. The third kappa shape index (κ3) is 11.9. The van der Waals surface area contributed by atoms with E-state index in [0.29, 0.717) is 51.4 Å². The van der Waals surface area contributed by atoms with Crippen LogP contribution in [0.5, 0.6) is 0 Å². The van der Waals surface area contributed by atoms with Crippen molar-refractivity contribution >= 4 is 23.9 Å². The van der Waals surface area contributed by atoms with Crippen molar-refractivity contribution in [1.82, 2.24) is 0 Å². The summed E-state index contributed by atoms with van der Waals surface area (Å²) in [6.07, 6.45) is -25.2. The second kappa shape index (κ2) is 26.5. The zero-order valence-corrected chi connectivity index (χ0v) is 53.1. The standard InChI is InChI=1S/C65H98O24/c1-12-14-26-80-56(79)48-46(85-57-44(73)41(70)36(69)29-81-57)47(82-32(4)68)49(87-58-45(74)43(72)42(71)37(28-66)83-58)59(86-48)84-40-23-24-62(9)38(61(40,7)8)22-25-63(10)39(62)21-20-34-35-27-60(5,6)52(88-55(78)33-18-16-15-17-19-33)53(89-54(77)31(3)13-2)65(35,30-67)51(76)50(75)64(34,63)11/h15-20,31,35-53,57-59,66-67,69-76H,12-14,21-30H2,1-11H3/t31?,35-,36-,37+,38-,39+,40-,41-,42+,43-,44+,45+,46-,47-,48-,49+,50-,51+,52-,53-,57-,58-,59+,62-,63+,64-,65-/m0/s1. The molecule has 27 atom stereocenters. The average molecular weight is 1260 g/mol. The van der Waals surface area contributed by atoms with E-state index in [4.69, 9.17) is 47.4 Å². The Kier molecular flexibility index (Phi) is 20.7. The first-order valence-corrected chi connectivity index (χ1v) is 31.9. The molecule has 7 fully saturated rings. The number of carbonyl (C=O) groups excluding carboxylic acids is 4. The van der Waals surface area contributed by atoms with Crippen LogP contribution in [0.1, 0.15) is 144 Å². The van der Waals surface area contributed by atoms with Gasteiger partial charge in [0, 0.05) is 17.8 Å². The Morgan fingerprint density at radius 1 is 0.708 bits per heavy atom. The summed E-state index contributed by atoms with van der Waals surface area (Å²) in [6, 6.07) is 8.40. The number of hydrogen-bond donors (Lipinski definition) is 10. The van der Waals surface area contributed by atoms with E-state index in [9.17, 15) is 70.2 Å². The molecule has 9 rings (SSSR count). The Morgan fingerprint density at radius 3 is 2.02 bits per heavy atom. The molecule has 4 saturated carbocycles. The SMILES string of the molecule is CCCCOC(=O)[C@H]1O[C@@H](O[C@H]2CC[C@]3(C)[C@H]4CC=C5[C@@H]6CC(C)(C)[C@@H](OC(=O)c7ccccc7)[C@H](OC(=O)C(C)CC)[C@]6(CO)[C@H](O)[C@H](O)[C@@]5(C)[C@]4(C)CC[C@H]3C2(C)C)[C@H](O[C@@H]2O[C@H](CO)[C@@H](O)[C@H](O)[C@H]2O)[C@@H](OC(C)=O)[C@@H]1O[C@@H]1OC[C@H](O)[C@H](O)[C@H]1O. The van der Waals surface area contributed by atoms with Gasteiger partial charge in [-0.1, -0.05) is 106 Å². The van der Waals surface area contributed by atoms with Crippen molar-refractivity contribution in [3.8, 4) is 0 Å². The van der Waals surface area contributed by atoms with Crippen LogP contribution in [0.4, 0.5) is 0 Å². The summed E-state index contributed by atoms with van der Waals surface area (Å²) in [7, 11) is 0. The fourth-order valence-corrected chi connectivity index (χ4v) is 17.4. The number of allylic oxidation sites excluding steroid dienone is 1. The maximum Gasteiger partial charge on any atom is 0.338 e. The fraction of sp³-hybridized carbons (Fsp3) is 0.815. The third-order valence-corrected chi connectivity index (χ3v) is 22.8. The summed E-state index contributed by atoms with van der Waals surface area (Å²) in [5.74, 6) is -4.77. The number of aliphatic hydroxyl groups is 10. The van der Waals surface area contributed by atoms with Crippen LogP contribution in [0.25, 0.3) is 0 Å². The molecular formula is C65H98O24. The van der Waals surface area contributed by atoms with Crippen LogP contribution >= 0.6 is 0 Å². The van der Waals surface area contributed by atoms with Gasteiger partial charge in [0.2, 0.25) is 0 Å². The monoisotopic (exact) mass is 1260 g/mol. The quantitative estimate of drug-likeness (QED) is 0.0332. The summed E-state index contributed by atoms with van der Waals surface area (Å²) in [4.78, 5) is 55.9. The van der Waals surface area contributed by atoms with Gasteiger partial charge in [-0.2, -0.15) is 0 Å². The molecule has 0 spiro atoms. The van der Waals surface area contributed by atoms with E-state index in [0.717, 1.165) is 12.5 Å². The van der Waals surface area contributed by atoms with Gasteiger partial charge in [0.25, 0.3) is 0 Å². The lowest BCUT2D eigenvalue weighted by Crippen LogP contribution is -2.76. The highest BCUT2D eigenvalue weighted by atomic mass is 16.8. The molecule has 5 aliphatic carbocycles. The normalized spacial score (nSPS) is 45.2. The highest BCUT2D eigenvalue weighted by Gasteiger charge is 2.76. The number of rotatable bonds is 18. The second-order valence-electron chi connectivity index (χ2n) is 28.6. The number of fused-ring (bicyclic) bond motifs is 7. The molecule has 3 aliphatic heterocycles. The van der Waals surface area contributed by atoms with Crippen LogP contribution < -0.4 is 0 Å². The van der Waals surface area contributed by atoms with Crippen LogP contribution in [-0.2, 0) is 61.8 Å². The van der Waals surface area contributed by atoms with Crippen molar-refractivity contribution < 1.29 is 118 Å². The number of aliphatic hydroxyl groups excluding tert-OH is 10. The molecule has 1 aromatic carbocycles. The first-order chi connectivity index (χ1) is 41.8. The minimum Gasteiger partial charge on any atom is -0.464 e. The average Bonchev–Trinajstić information content (AvgIpc) is 0.665. The minimum absolute atomic E-state index is 0.0757. The predicted molar refractivity (Wildman–Crippen MR) is 311 cm³/mol. The molecular weight excluding hydrogens is 1160 g/mol. The van der Waals surface area contributed by atoms with Gasteiger partial charge in [-0.3, -0.25) is 9.59 Å². The lowest BCUT2D eigenvalue weighted by Gasteiger charge is -2.73. The van der Waals surface area contributed by atoms with Gasteiger partial charge in [-0.15, -0.1) is 0 Å². The van der Waals surface area contributed by atoms with E-state index >= 15 is 0 Å². The summed E-state index contributed by atoms with van der Waals surface area (Å²) in [6.45, 7) is 18.7. The highest BCUT2D eigenvalue weighted by molar-refractivity contribution is 5.89.